The normalized spacial score (nSPS) is 14.4. The van der Waals surface area contributed by atoms with Crippen LogP contribution in [0.2, 0.25) is 0 Å². The second kappa shape index (κ2) is 13.8. The molecule has 238 valence electrons. The van der Waals surface area contributed by atoms with E-state index in [0.29, 0.717) is 31.4 Å². The Balaban J connectivity index is 1.59. The van der Waals surface area contributed by atoms with Crippen LogP contribution in [-0.4, -0.2) is 30.6 Å². The van der Waals surface area contributed by atoms with E-state index in [0.717, 1.165) is 31.2 Å². The summed E-state index contributed by atoms with van der Waals surface area (Å²) in [4.78, 5) is 28.9. The first kappa shape index (κ1) is 32.1. The fraction of sp³-hybridized carbons (Fsp3) is 0.371. The maximum atomic E-state index is 14.5. The topological polar surface area (TPSA) is 78.2 Å². The molecule has 45 heavy (non-hydrogen) atoms. The fourth-order valence-electron chi connectivity index (χ4n) is 5.39. The predicted molar refractivity (Wildman–Crippen MR) is 164 cm³/mol. The van der Waals surface area contributed by atoms with Crippen LogP contribution in [0.1, 0.15) is 67.3 Å². The van der Waals surface area contributed by atoms with Crippen LogP contribution in [0.25, 0.3) is 11.0 Å². The summed E-state index contributed by atoms with van der Waals surface area (Å²) in [6.07, 6.45) is -1.53. The lowest BCUT2D eigenvalue weighted by molar-refractivity contribution is -0.154. The van der Waals surface area contributed by atoms with Gasteiger partial charge in [-0.15, -0.1) is 0 Å². The molecule has 0 amide bonds. The number of fused-ring (bicyclic) bond motifs is 1. The van der Waals surface area contributed by atoms with E-state index in [1.807, 2.05) is 13.8 Å². The van der Waals surface area contributed by atoms with Gasteiger partial charge in [-0.3, -0.25) is 9.69 Å². The van der Waals surface area contributed by atoms with Crippen molar-refractivity contribution in [1.82, 2.24) is 4.90 Å². The average molecular weight is 624 g/mol. The minimum atomic E-state index is -5.04. The number of rotatable bonds is 10. The highest BCUT2D eigenvalue weighted by atomic mass is 19.4. The van der Waals surface area contributed by atoms with Gasteiger partial charge in [0.1, 0.15) is 22.8 Å². The van der Waals surface area contributed by atoms with Gasteiger partial charge in [-0.05, 0) is 99.3 Å². The quantitative estimate of drug-likeness (QED) is 0.130. The maximum absolute atomic E-state index is 14.5. The molecule has 10 heteroatoms. The number of aryl methyl sites for hydroxylation is 1. The number of benzene rings is 3. The Bertz CT molecular complexity index is 1690. The zero-order valence-electron chi connectivity index (χ0n) is 25.5. The first-order valence-corrected chi connectivity index (χ1v) is 15.2. The molecule has 1 aliphatic heterocycles. The van der Waals surface area contributed by atoms with Gasteiger partial charge >= 0.3 is 12.1 Å². The highest BCUT2D eigenvalue weighted by Crippen LogP contribution is 2.40. The smallest absolute Gasteiger partial charge is 0.453 e. The number of esters is 1. The zero-order chi connectivity index (χ0) is 32.1. The monoisotopic (exact) mass is 623 g/mol. The first-order valence-electron chi connectivity index (χ1n) is 15.2. The van der Waals surface area contributed by atoms with Crippen LogP contribution in [0.15, 0.2) is 69.9 Å². The summed E-state index contributed by atoms with van der Waals surface area (Å²) in [5.41, 5.74) is 0.130. The van der Waals surface area contributed by atoms with E-state index >= 15 is 0 Å². The summed E-state index contributed by atoms with van der Waals surface area (Å²) in [5.74, 6) is -2.04. The molecule has 0 aliphatic carbocycles. The van der Waals surface area contributed by atoms with Crippen LogP contribution in [0, 0.1) is 5.92 Å². The highest BCUT2D eigenvalue weighted by Gasteiger charge is 2.41. The lowest BCUT2D eigenvalue weighted by atomic mass is 9.98. The highest BCUT2D eigenvalue weighted by molar-refractivity contribution is 5.92. The molecule has 0 spiro atoms. The molecular formula is C35H36F3NO6. The summed E-state index contributed by atoms with van der Waals surface area (Å²) < 4.78 is 65.7. The number of hydrogen-bond donors (Lipinski definition) is 0. The van der Waals surface area contributed by atoms with Crippen LogP contribution in [0.3, 0.4) is 0 Å². The molecular weight excluding hydrogens is 587 g/mol. The Hall–Kier alpha value is -4.31. The minimum absolute atomic E-state index is 0.0106. The lowest BCUT2D eigenvalue weighted by Gasteiger charge is -2.30. The summed E-state index contributed by atoms with van der Waals surface area (Å²) >= 11 is 0. The summed E-state index contributed by atoms with van der Waals surface area (Å²) in [5, 5.41) is -0.109. The van der Waals surface area contributed by atoms with Crippen LogP contribution in [0.5, 0.6) is 23.0 Å². The number of carbonyl (C=O) groups is 1. The van der Waals surface area contributed by atoms with Crippen molar-refractivity contribution in [3.63, 3.8) is 0 Å². The zero-order valence-corrected chi connectivity index (χ0v) is 25.5. The van der Waals surface area contributed by atoms with Crippen LogP contribution in [-0.2, 0) is 19.1 Å². The molecule has 2 heterocycles. The Morgan fingerprint density at radius 2 is 1.62 bits per heavy atom. The maximum Gasteiger partial charge on any atom is 0.453 e. The van der Waals surface area contributed by atoms with Gasteiger partial charge in [-0.2, -0.15) is 13.2 Å². The molecule has 0 saturated carbocycles. The first-order chi connectivity index (χ1) is 21.6. The molecule has 0 radical (unpaired) electrons. The van der Waals surface area contributed by atoms with E-state index in [2.05, 4.69) is 11.8 Å². The minimum Gasteiger partial charge on any atom is -0.494 e. The molecule has 3 aromatic carbocycles. The molecule has 0 unspecified atom stereocenters. The largest absolute Gasteiger partial charge is 0.494 e. The van der Waals surface area contributed by atoms with Crippen molar-refractivity contribution >= 4 is 16.9 Å². The molecule has 1 aliphatic rings. The van der Waals surface area contributed by atoms with Crippen LogP contribution >= 0.6 is 0 Å². The van der Waals surface area contributed by atoms with Crippen molar-refractivity contribution in [2.24, 2.45) is 5.92 Å². The molecule has 1 aromatic heterocycles. The Morgan fingerprint density at radius 3 is 2.24 bits per heavy atom. The molecule has 0 N–H and O–H groups in total. The van der Waals surface area contributed by atoms with Gasteiger partial charge in [0.15, 0.2) is 0 Å². The molecule has 5 rings (SSSR count). The standard InChI is InChI=1S/C35H36F3NO6/c1-4-6-23-7-11-26(12-8-23)43-32-30(40)27-15-16-29(44-34(41)24-9-13-25(14-10-24)42-5-2)28(21-39-19-17-22(3)18-20-39)31(27)45-33(32)35(36,37)38/h7-16,22H,4-6,17-21H2,1-3H3. The Morgan fingerprint density at radius 1 is 0.956 bits per heavy atom. The van der Waals surface area contributed by atoms with Crippen molar-refractivity contribution in [1.29, 1.82) is 0 Å². The van der Waals surface area contributed by atoms with Gasteiger partial charge in [-0.25, -0.2) is 4.79 Å². The third kappa shape index (κ3) is 7.50. The number of ether oxygens (including phenoxy) is 3. The molecule has 1 fully saturated rings. The van der Waals surface area contributed by atoms with Gasteiger partial charge in [0, 0.05) is 6.54 Å². The number of nitrogens with zero attached hydrogens (tertiary/aromatic N) is 1. The van der Waals surface area contributed by atoms with Gasteiger partial charge in [-0.1, -0.05) is 32.4 Å². The summed E-state index contributed by atoms with van der Waals surface area (Å²) in [6, 6.07) is 15.6. The van der Waals surface area contributed by atoms with E-state index in [4.69, 9.17) is 18.6 Å². The predicted octanol–water partition coefficient (Wildman–Crippen LogP) is 8.41. The number of alkyl halides is 3. The van der Waals surface area contributed by atoms with E-state index in [9.17, 15) is 22.8 Å². The van der Waals surface area contributed by atoms with Crippen molar-refractivity contribution < 1.29 is 36.6 Å². The number of likely N-dealkylation sites (tertiary alicyclic amines) is 1. The van der Waals surface area contributed by atoms with Gasteiger partial charge in [0.2, 0.25) is 11.2 Å². The Kier molecular flexibility index (Phi) is 9.82. The van der Waals surface area contributed by atoms with Crippen molar-refractivity contribution in [3.8, 4) is 23.0 Å². The average Bonchev–Trinajstić information content (AvgIpc) is 3.01. The number of carbonyl (C=O) groups excluding carboxylic acids is 1. The van der Waals surface area contributed by atoms with Crippen molar-refractivity contribution in [2.45, 2.75) is 59.2 Å². The SMILES string of the molecule is CCCc1ccc(Oc2c(C(F)(F)F)oc3c(CN4CCC(C)CC4)c(OC(=O)c4ccc(OCC)cc4)ccc3c2=O)cc1. The van der Waals surface area contributed by atoms with E-state index in [1.165, 1.54) is 24.3 Å². The summed E-state index contributed by atoms with van der Waals surface area (Å²) in [6.45, 7) is 7.97. The van der Waals surface area contributed by atoms with Gasteiger partial charge < -0.3 is 18.6 Å². The van der Waals surface area contributed by atoms with Crippen molar-refractivity contribution in [3.05, 3.63) is 93.3 Å². The van der Waals surface area contributed by atoms with E-state index < -0.39 is 29.1 Å². The van der Waals surface area contributed by atoms with Crippen LogP contribution < -0.4 is 19.6 Å². The number of halogens is 3. The van der Waals surface area contributed by atoms with Crippen LogP contribution in [0.4, 0.5) is 13.2 Å². The van der Waals surface area contributed by atoms with Crippen molar-refractivity contribution in [2.75, 3.05) is 19.7 Å². The van der Waals surface area contributed by atoms with Gasteiger partial charge in [0.25, 0.3) is 5.76 Å². The number of piperidine rings is 1. The van der Waals surface area contributed by atoms with E-state index in [-0.39, 0.29) is 40.1 Å². The molecule has 4 aromatic rings. The van der Waals surface area contributed by atoms with Gasteiger partial charge in [0.05, 0.1) is 23.1 Å². The molecule has 0 atom stereocenters. The third-order valence-corrected chi connectivity index (χ3v) is 7.88. The second-order valence-electron chi connectivity index (χ2n) is 11.3. The second-order valence-corrected chi connectivity index (χ2v) is 11.3. The third-order valence-electron chi connectivity index (χ3n) is 7.88. The lowest BCUT2D eigenvalue weighted by Crippen LogP contribution is -2.32. The Labute approximate surface area is 259 Å². The van der Waals surface area contributed by atoms with E-state index in [1.54, 1.807) is 36.4 Å². The summed E-state index contributed by atoms with van der Waals surface area (Å²) in [7, 11) is 0. The number of hydrogen-bond acceptors (Lipinski definition) is 7. The molecule has 1 saturated heterocycles. The fourth-order valence-corrected chi connectivity index (χ4v) is 5.39. The molecule has 0 bridgehead atoms. The molecule has 7 nitrogen and oxygen atoms in total.